The molecule has 1 aliphatic rings. The van der Waals surface area contributed by atoms with Crippen LogP contribution in [0, 0.1) is 0 Å². The lowest BCUT2D eigenvalue weighted by Crippen LogP contribution is -2.37. The van der Waals surface area contributed by atoms with Crippen LogP contribution in [-0.2, 0) is 26.7 Å². The van der Waals surface area contributed by atoms with Crippen molar-refractivity contribution in [1.82, 2.24) is 5.32 Å². The number of thioether (sulfide) groups is 1. The fourth-order valence-corrected chi connectivity index (χ4v) is 3.21. The normalized spacial score (nSPS) is 14.7. The molecule has 0 aromatic heterocycles. The number of aliphatic carboxylic acids is 1. The van der Waals surface area contributed by atoms with Crippen LogP contribution in [0.15, 0.2) is 12.1 Å². The van der Waals surface area contributed by atoms with Gasteiger partial charge < -0.3 is 19.9 Å². The fraction of sp³-hybridized carbons (Fsp3) is 0.385. The van der Waals surface area contributed by atoms with E-state index in [4.69, 9.17) is 26.2 Å². The Balaban J connectivity index is 2.01. The summed E-state index contributed by atoms with van der Waals surface area (Å²) in [6, 6.07) is 2.67. The Bertz CT molecular complexity index is 540. The maximum absolute atomic E-state index is 10.9. The van der Waals surface area contributed by atoms with E-state index >= 15 is 0 Å². The van der Waals surface area contributed by atoms with E-state index in [0.29, 0.717) is 23.8 Å². The Labute approximate surface area is 130 Å². The maximum Gasteiger partial charge on any atom is 0.327 e. The van der Waals surface area contributed by atoms with E-state index in [9.17, 15) is 9.59 Å². The van der Waals surface area contributed by atoms with Crippen LogP contribution in [0.2, 0.25) is 5.02 Å². The van der Waals surface area contributed by atoms with Crippen molar-refractivity contribution >= 4 is 35.7 Å². The highest BCUT2D eigenvalue weighted by Gasteiger charge is 2.19. The first-order chi connectivity index (χ1) is 10.1. The zero-order valence-corrected chi connectivity index (χ0v) is 12.6. The molecule has 2 N–H and O–H groups in total. The monoisotopic (exact) mass is 331 g/mol. The molecule has 0 saturated carbocycles. The van der Waals surface area contributed by atoms with E-state index in [1.807, 2.05) is 0 Å². The molecule has 6 nitrogen and oxygen atoms in total. The molecule has 1 unspecified atom stereocenters. The number of nitrogens with one attached hydrogen (secondary N) is 1. The highest BCUT2D eigenvalue weighted by molar-refractivity contribution is 7.98. The average molecular weight is 332 g/mol. The van der Waals surface area contributed by atoms with Gasteiger partial charge in [0.05, 0.1) is 6.61 Å². The number of fused-ring (bicyclic) bond motifs is 1. The molecule has 21 heavy (non-hydrogen) atoms. The quantitative estimate of drug-likeness (QED) is 0.739. The Morgan fingerprint density at radius 3 is 3.10 bits per heavy atom. The molecule has 0 spiro atoms. The van der Waals surface area contributed by atoms with Crippen molar-refractivity contribution in [3.05, 3.63) is 28.3 Å². The van der Waals surface area contributed by atoms with Gasteiger partial charge in [-0.25, -0.2) is 4.79 Å². The number of carboxylic acids is 1. The Hall–Kier alpha value is -1.44. The van der Waals surface area contributed by atoms with Gasteiger partial charge in [0.1, 0.15) is 11.8 Å². The van der Waals surface area contributed by atoms with Crippen LogP contribution in [0.1, 0.15) is 11.1 Å². The second kappa shape index (κ2) is 7.53. The smallest absolute Gasteiger partial charge is 0.327 e. The molecule has 0 saturated heterocycles. The number of ether oxygens (including phenoxy) is 2. The van der Waals surface area contributed by atoms with Crippen molar-refractivity contribution in [3.8, 4) is 5.75 Å². The van der Waals surface area contributed by atoms with Crippen LogP contribution in [-0.4, -0.2) is 36.1 Å². The molecular formula is C13H14ClNO5S. The Morgan fingerprint density at radius 2 is 2.38 bits per heavy atom. The number of carbonyl (C=O) groups excluding carboxylic acids is 1. The third-order valence-electron chi connectivity index (χ3n) is 2.86. The molecule has 1 aliphatic heterocycles. The van der Waals surface area contributed by atoms with Crippen molar-refractivity contribution in [3.63, 3.8) is 0 Å². The molecule has 0 radical (unpaired) electrons. The number of carbonyl (C=O) groups is 2. The van der Waals surface area contributed by atoms with Crippen molar-refractivity contribution in [2.75, 3.05) is 12.5 Å². The lowest BCUT2D eigenvalue weighted by Gasteiger charge is -2.21. The summed E-state index contributed by atoms with van der Waals surface area (Å²) in [5.41, 5.74) is 1.77. The summed E-state index contributed by atoms with van der Waals surface area (Å²) in [5.74, 6) is 0.472. The summed E-state index contributed by atoms with van der Waals surface area (Å²) in [5, 5.41) is 11.8. The van der Waals surface area contributed by atoms with Crippen molar-refractivity contribution in [1.29, 1.82) is 0 Å². The van der Waals surface area contributed by atoms with Gasteiger partial charge >= 0.3 is 5.97 Å². The minimum Gasteiger partial charge on any atom is -0.480 e. The van der Waals surface area contributed by atoms with E-state index in [1.165, 1.54) is 11.8 Å². The number of carboxylic acid groups (broad SMARTS) is 1. The van der Waals surface area contributed by atoms with E-state index in [0.717, 1.165) is 16.9 Å². The van der Waals surface area contributed by atoms with Crippen LogP contribution in [0.5, 0.6) is 5.75 Å². The topological polar surface area (TPSA) is 84.9 Å². The lowest BCUT2D eigenvalue weighted by atomic mass is 10.1. The minimum atomic E-state index is -1.06. The molecule has 0 bridgehead atoms. The van der Waals surface area contributed by atoms with Gasteiger partial charge in [-0.2, -0.15) is 11.8 Å². The third kappa shape index (κ3) is 4.26. The molecule has 2 rings (SSSR count). The molecule has 1 amide bonds. The SMILES string of the molecule is O=CNC(CSCc1cc(Cl)cc2c1OCOC2)C(=O)O. The van der Waals surface area contributed by atoms with Crippen LogP contribution < -0.4 is 10.1 Å². The zero-order valence-electron chi connectivity index (χ0n) is 11.0. The van der Waals surface area contributed by atoms with Gasteiger partial charge in [0.2, 0.25) is 6.41 Å². The molecule has 1 atom stereocenters. The van der Waals surface area contributed by atoms with E-state index < -0.39 is 12.0 Å². The molecule has 114 valence electrons. The fourth-order valence-electron chi connectivity index (χ4n) is 1.92. The second-order valence-electron chi connectivity index (χ2n) is 4.35. The van der Waals surface area contributed by atoms with E-state index in [1.54, 1.807) is 12.1 Å². The van der Waals surface area contributed by atoms with Crippen LogP contribution >= 0.6 is 23.4 Å². The summed E-state index contributed by atoms with van der Waals surface area (Å²) >= 11 is 7.43. The molecule has 1 aromatic rings. The Kier molecular flexibility index (Phi) is 5.72. The number of hydrogen-bond donors (Lipinski definition) is 2. The van der Waals surface area contributed by atoms with Gasteiger partial charge in [-0.05, 0) is 12.1 Å². The zero-order chi connectivity index (χ0) is 15.2. The first kappa shape index (κ1) is 15.9. The number of amides is 1. The number of hydrogen-bond acceptors (Lipinski definition) is 5. The molecule has 1 aromatic carbocycles. The second-order valence-corrected chi connectivity index (χ2v) is 5.82. The molecule has 8 heteroatoms. The maximum atomic E-state index is 10.9. The van der Waals surface area contributed by atoms with E-state index in [2.05, 4.69) is 5.32 Å². The minimum absolute atomic E-state index is 0.191. The largest absolute Gasteiger partial charge is 0.480 e. The predicted molar refractivity (Wildman–Crippen MR) is 78.5 cm³/mol. The van der Waals surface area contributed by atoms with Crippen molar-refractivity contribution in [2.24, 2.45) is 0 Å². The molecule has 0 fully saturated rings. The van der Waals surface area contributed by atoms with Crippen LogP contribution in [0.4, 0.5) is 0 Å². The number of halogens is 1. The van der Waals surface area contributed by atoms with Gasteiger partial charge in [0.15, 0.2) is 6.79 Å². The van der Waals surface area contributed by atoms with Crippen molar-refractivity contribution < 1.29 is 24.2 Å². The van der Waals surface area contributed by atoms with Gasteiger partial charge in [-0.1, -0.05) is 11.6 Å². The highest BCUT2D eigenvalue weighted by atomic mass is 35.5. The predicted octanol–water partition coefficient (Wildman–Crippen LogP) is 1.64. The van der Waals surface area contributed by atoms with Gasteiger partial charge in [-0.3, -0.25) is 4.79 Å². The lowest BCUT2D eigenvalue weighted by molar-refractivity contribution is -0.139. The van der Waals surface area contributed by atoms with E-state index in [-0.39, 0.29) is 12.5 Å². The first-order valence-electron chi connectivity index (χ1n) is 6.14. The molecule has 1 heterocycles. The summed E-state index contributed by atoms with van der Waals surface area (Å²) in [4.78, 5) is 21.3. The first-order valence-corrected chi connectivity index (χ1v) is 7.67. The standard InChI is InChI=1S/C13H14ClNO5S/c14-10-1-8-3-19-7-20-12(8)9(2-10)4-21-5-11(13(17)18)15-6-16/h1-2,6,11H,3-5,7H2,(H,15,16)(H,17,18). The number of rotatable bonds is 7. The van der Waals surface area contributed by atoms with Gasteiger partial charge in [-0.15, -0.1) is 0 Å². The average Bonchev–Trinajstić information content (AvgIpc) is 2.45. The third-order valence-corrected chi connectivity index (χ3v) is 4.16. The summed E-state index contributed by atoms with van der Waals surface area (Å²) < 4.78 is 10.7. The molecular weight excluding hydrogens is 318 g/mol. The summed E-state index contributed by atoms with van der Waals surface area (Å²) in [6.45, 7) is 0.634. The van der Waals surface area contributed by atoms with Crippen LogP contribution in [0.3, 0.4) is 0 Å². The Morgan fingerprint density at radius 1 is 1.57 bits per heavy atom. The summed E-state index contributed by atoms with van der Waals surface area (Å²) in [6.07, 6.45) is 0.390. The van der Waals surface area contributed by atoms with Gasteiger partial charge in [0.25, 0.3) is 0 Å². The number of benzene rings is 1. The highest BCUT2D eigenvalue weighted by Crippen LogP contribution is 2.33. The summed E-state index contributed by atoms with van der Waals surface area (Å²) in [7, 11) is 0. The molecule has 0 aliphatic carbocycles. The van der Waals surface area contributed by atoms with Gasteiger partial charge in [0, 0.05) is 27.7 Å². The van der Waals surface area contributed by atoms with Crippen molar-refractivity contribution in [2.45, 2.75) is 18.4 Å². The van der Waals surface area contributed by atoms with Crippen LogP contribution in [0.25, 0.3) is 0 Å².